The van der Waals surface area contributed by atoms with Crippen molar-refractivity contribution < 1.29 is 4.79 Å². The lowest BCUT2D eigenvalue weighted by atomic mass is 9.87. The number of thioether (sulfide) groups is 1. The van der Waals surface area contributed by atoms with Gasteiger partial charge in [0.2, 0.25) is 0 Å². The number of amides is 1. The molecule has 0 saturated heterocycles. The van der Waals surface area contributed by atoms with Gasteiger partial charge in [0.15, 0.2) is 11.0 Å². The Morgan fingerprint density at radius 3 is 2.37 bits per heavy atom. The summed E-state index contributed by atoms with van der Waals surface area (Å²) >= 11 is 1.70. The number of carbonyl (C=O) groups excluding carboxylic acids is 1. The van der Waals surface area contributed by atoms with Crippen LogP contribution in [0.25, 0.3) is 5.69 Å². The van der Waals surface area contributed by atoms with Crippen molar-refractivity contribution in [3.8, 4) is 5.69 Å². The normalized spacial score (nSPS) is 11.5. The fourth-order valence-electron chi connectivity index (χ4n) is 3.04. The Labute approximate surface area is 183 Å². The van der Waals surface area contributed by atoms with Crippen LogP contribution in [0.5, 0.6) is 0 Å². The molecule has 0 bridgehead atoms. The third kappa shape index (κ3) is 5.51. The molecule has 0 saturated carbocycles. The van der Waals surface area contributed by atoms with Gasteiger partial charge < -0.3 is 5.32 Å². The summed E-state index contributed by atoms with van der Waals surface area (Å²) in [4.78, 5) is 12.7. The first-order chi connectivity index (χ1) is 14.4. The Balaban J connectivity index is 1.75. The zero-order valence-corrected chi connectivity index (χ0v) is 19.0. The summed E-state index contributed by atoms with van der Waals surface area (Å²) in [6.45, 7) is 8.98. The SMILES string of the molecule is CCCCSc1nnc(CNC(=O)c2ccc(C(C)(C)C)cc2)n1-c1ccccc1. The summed E-state index contributed by atoms with van der Waals surface area (Å²) < 4.78 is 2.03. The smallest absolute Gasteiger partial charge is 0.251 e. The van der Waals surface area contributed by atoms with Crippen LogP contribution in [0.1, 0.15) is 62.3 Å². The van der Waals surface area contributed by atoms with Crippen molar-refractivity contribution in [2.24, 2.45) is 0 Å². The zero-order valence-electron chi connectivity index (χ0n) is 18.2. The molecule has 1 amide bonds. The molecule has 0 aliphatic heterocycles. The molecule has 5 nitrogen and oxygen atoms in total. The molecule has 0 unspecified atom stereocenters. The number of benzene rings is 2. The number of hydrogen-bond donors (Lipinski definition) is 1. The van der Waals surface area contributed by atoms with Crippen molar-refractivity contribution in [2.75, 3.05) is 5.75 Å². The first kappa shape index (κ1) is 22.1. The standard InChI is InChI=1S/C24H30N4OS/c1-5-6-16-30-23-27-26-21(28(23)20-10-8-7-9-11-20)17-25-22(29)18-12-14-19(15-13-18)24(2,3)4/h7-15H,5-6,16-17H2,1-4H3,(H,25,29). The molecule has 6 heteroatoms. The molecular weight excluding hydrogens is 392 g/mol. The van der Waals surface area contributed by atoms with Crippen molar-refractivity contribution in [3.63, 3.8) is 0 Å². The second-order valence-corrected chi connectivity index (χ2v) is 9.34. The van der Waals surface area contributed by atoms with Gasteiger partial charge in [0.05, 0.1) is 6.54 Å². The third-order valence-electron chi connectivity index (χ3n) is 4.86. The predicted molar refractivity (Wildman–Crippen MR) is 123 cm³/mol. The fourth-order valence-corrected chi connectivity index (χ4v) is 4.09. The highest BCUT2D eigenvalue weighted by atomic mass is 32.2. The number of para-hydroxylation sites is 1. The molecule has 1 aromatic heterocycles. The van der Waals surface area contributed by atoms with Crippen LogP contribution in [0.2, 0.25) is 0 Å². The van der Waals surface area contributed by atoms with Gasteiger partial charge in [0.1, 0.15) is 0 Å². The molecule has 0 atom stereocenters. The van der Waals surface area contributed by atoms with Crippen molar-refractivity contribution in [1.29, 1.82) is 0 Å². The molecule has 0 aliphatic carbocycles. The summed E-state index contributed by atoms with van der Waals surface area (Å²) in [6, 6.07) is 17.8. The first-order valence-electron chi connectivity index (χ1n) is 10.4. The highest BCUT2D eigenvalue weighted by Gasteiger charge is 2.17. The van der Waals surface area contributed by atoms with Crippen LogP contribution < -0.4 is 5.32 Å². The Kier molecular flexibility index (Phi) is 7.32. The van der Waals surface area contributed by atoms with Crippen LogP contribution in [-0.4, -0.2) is 26.4 Å². The molecule has 30 heavy (non-hydrogen) atoms. The van der Waals surface area contributed by atoms with E-state index in [0.29, 0.717) is 12.1 Å². The zero-order chi connectivity index (χ0) is 21.6. The van der Waals surface area contributed by atoms with E-state index in [-0.39, 0.29) is 11.3 Å². The minimum absolute atomic E-state index is 0.0625. The van der Waals surface area contributed by atoms with Gasteiger partial charge in [-0.25, -0.2) is 0 Å². The van der Waals surface area contributed by atoms with Gasteiger partial charge >= 0.3 is 0 Å². The van der Waals surface area contributed by atoms with E-state index in [4.69, 9.17) is 0 Å². The first-order valence-corrected chi connectivity index (χ1v) is 11.4. The van der Waals surface area contributed by atoms with Crippen LogP contribution in [-0.2, 0) is 12.0 Å². The molecule has 0 aliphatic rings. The van der Waals surface area contributed by atoms with Crippen molar-refractivity contribution >= 4 is 17.7 Å². The van der Waals surface area contributed by atoms with E-state index in [1.165, 1.54) is 5.56 Å². The van der Waals surface area contributed by atoms with Gasteiger partial charge in [-0.15, -0.1) is 10.2 Å². The monoisotopic (exact) mass is 422 g/mol. The Morgan fingerprint density at radius 1 is 1.03 bits per heavy atom. The van der Waals surface area contributed by atoms with Crippen LogP contribution in [0, 0.1) is 0 Å². The quantitative estimate of drug-likeness (QED) is 0.391. The summed E-state index contributed by atoms with van der Waals surface area (Å²) in [5.41, 5.74) is 2.91. The van der Waals surface area contributed by atoms with Crippen LogP contribution in [0.4, 0.5) is 0 Å². The van der Waals surface area contributed by atoms with E-state index in [1.54, 1.807) is 11.8 Å². The fraction of sp³-hybridized carbons (Fsp3) is 0.375. The highest BCUT2D eigenvalue weighted by Crippen LogP contribution is 2.24. The number of hydrogen-bond acceptors (Lipinski definition) is 4. The Hall–Kier alpha value is -2.60. The third-order valence-corrected chi connectivity index (χ3v) is 5.88. The number of rotatable bonds is 8. The highest BCUT2D eigenvalue weighted by molar-refractivity contribution is 7.99. The maximum Gasteiger partial charge on any atom is 0.251 e. The largest absolute Gasteiger partial charge is 0.345 e. The van der Waals surface area contributed by atoms with Gasteiger partial charge in [-0.05, 0) is 41.7 Å². The second kappa shape index (κ2) is 9.94. The average molecular weight is 423 g/mol. The molecule has 3 rings (SSSR count). The Bertz CT molecular complexity index is 959. The van der Waals surface area contributed by atoms with Crippen LogP contribution in [0.15, 0.2) is 59.8 Å². The minimum Gasteiger partial charge on any atom is -0.345 e. The number of nitrogens with one attached hydrogen (secondary N) is 1. The predicted octanol–water partition coefficient (Wildman–Crippen LogP) is 5.39. The summed E-state index contributed by atoms with van der Waals surface area (Å²) in [5, 5.41) is 12.6. The maximum atomic E-state index is 12.7. The van der Waals surface area contributed by atoms with E-state index in [0.717, 1.165) is 35.3 Å². The molecule has 0 fully saturated rings. The average Bonchev–Trinajstić information content (AvgIpc) is 3.15. The van der Waals surface area contributed by atoms with Gasteiger partial charge in [-0.1, -0.05) is 76.2 Å². The number of aromatic nitrogens is 3. The lowest BCUT2D eigenvalue weighted by Crippen LogP contribution is -2.25. The molecule has 2 aromatic carbocycles. The van der Waals surface area contributed by atoms with E-state index in [2.05, 4.69) is 43.2 Å². The molecule has 1 N–H and O–H groups in total. The number of carbonyl (C=O) groups is 1. The van der Waals surface area contributed by atoms with Gasteiger partial charge in [-0.2, -0.15) is 0 Å². The summed E-state index contributed by atoms with van der Waals surface area (Å²) in [7, 11) is 0. The molecular formula is C24H30N4OS. The van der Waals surface area contributed by atoms with Crippen molar-refractivity contribution in [2.45, 2.75) is 57.7 Å². The number of unbranched alkanes of at least 4 members (excludes halogenated alkanes) is 1. The van der Waals surface area contributed by atoms with Gasteiger partial charge in [0.25, 0.3) is 5.91 Å². The molecule has 1 heterocycles. The van der Waals surface area contributed by atoms with Crippen molar-refractivity contribution in [3.05, 3.63) is 71.5 Å². The topological polar surface area (TPSA) is 59.8 Å². The lowest BCUT2D eigenvalue weighted by Gasteiger charge is -2.19. The molecule has 0 radical (unpaired) electrons. The molecule has 0 spiro atoms. The lowest BCUT2D eigenvalue weighted by molar-refractivity contribution is 0.0949. The minimum atomic E-state index is -0.113. The summed E-state index contributed by atoms with van der Waals surface area (Å²) in [6.07, 6.45) is 2.27. The molecule has 158 valence electrons. The van der Waals surface area contributed by atoms with E-state index >= 15 is 0 Å². The Morgan fingerprint density at radius 2 is 1.73 bits per heavy atom. The van der Waals surface area contributed by atoms with E-state index in [1.807, 2.05) is 59.2 Å². The van der Waals surface area contributed by atoms with Gasteiger partial charge in [-0.3, -0.25) is 9.36 Å². The number of nitrogens with zero attached hydrogens (tertiary/aromatic N) is 3. The van der Waals surface area contributed by atoms with Crippen molar-refractivity contribution in [1.82, 2.24) is 20.1 Å². The summed E-state index contributed by atoms with van der Waals surface area (Å²) in [5.74, 6) is 1.60. The van der Waals surface area contributed by atoms with Crippen LogP contribution in [0.3, 0.4) is 0 Å². The van der Waals surface area contributed by atoms with E-state index < -0.39 is 0 Å². The maximum absolute atomic E-state index is 12.7. The second-order valence-electron chi connectivity index (χ2n) is 8.28. The van der Waals surface area contributed by atoms with E-state index in [9.17, 15) is 4.79 Å². The van der Waals surface area contributed by atoms with Gasteiger partial charge in [0, 0.05) is 17.0 Å². The molecule has 3 aromatic rings. The van der Waals surface area contributed by atoms with Crippen LogP contribution >= 0.6 is 11.8 Å².